The van der Waals surface area contributed by atoms with Crippen LogP contribution in [-0.4, -0.2) is 32.5 Å². The molecule has 0 spiro atoms. The van der Waals surface area contributed by atoms with Gasteiger partial charge in [-0.1, -0.05) is 6.07 Å². The van der Waals surface area contributed by atoms with Crippen molar-refractivity contribution in [3.05, 3.63) is 46.5 Å². The van der Waals surface area contributed by atoms with Crippen LogP contribution in [0.15, 0.2) is 30.9 Å². The molecule has 2 aromatic heterocycles. The van der Waals surface area contributed by atoms with Gasteiger partial charge in [0, 0.05) is 32.5 Å². The van der Waals surface area contributed by atoms with Crippen LogP contribution in [0.3, 0.4) is 0 Å². The van der Waals surface area contributed by atoms with Crippen molar-refractivity contribution in [2.75, 3.05) is 18.0 Å². The summed E-state index contributed by atoms with van der Waals surface area (Å²) >= 11 is 0. The van der Waals surface area contributed by atoms with Crippen molar-refractivity contribution >= 4 is 11.6 Å². The molecule has 0 amide bonds. The fourth-order valence-electron chi connectivity index (χ4n) is 3.11. The Balaban J connectivity index is 1.65. The van der Waals surface area contributed by atoms with E-state index in [4.69, 9.17) is 0 Å². The van der Waals surface area contributed by atoms with Gasteiger partial charge >= 0.3 is 5.82 Å². The highest BCUT2D eigenvalue weighted by Gasteiger charge is 2.28. The number of anilines is 1. The summed E-state index contributed by atoms with van der Waals surface area (Å²) in [6.07, 6.45) is 8.28. The molecule has 2 aromatic rings. The molecule has 0 bridgehead atoms. The van der Waals surface area contributed by atoms with E-state index >= 15 is 0 Å². The first-order valence-corrected chi connectivity index (χ1v) is 7.44. The number of hydrogen-bond donors (Lipinski definition) is 0. The minimum Gasteiger partial charge on any atom is -0.358 e. The second-order valence-corrected chi connectivity index (χ2v) is 5.76. The third-order valence-corrected chi connectivity index (χ3v) is 4.22. The van der Waals surface area contributed by atoms with E-state index in [1.165, 1.54) is 11.9 Å². The summed E-state index contributed by atoms with van der Waals surface area (Å²) in [6, 6.07) is 4.06. The predicted octanol–water partition coefficient (Wildman–Crippen LogP) is 2.18. The Labute approximate surface area is 128 Å². The van der Waals surface area contributed by atoms with E-state index < -0.39 is 4.92 Å². The summed E-state index contributed by atoms with van der Waals surface area (Å²) in [7, 11) is 1.80. The molecule has 1 aliphatic heterocycles. The Hall–Kier alpha value is -2.44. The van der Waals surface area contributed by atoms with Crippen LogP contribution in [0.2, 0.25) is 0 Å². The molecule has 0 aromatic carbocycles. The van der Waals surface area contributed by atoms with Crippen molar-refractivity contribution in [2.45, 2.75) is 19.3 Å². The highest BCUT2D eigenvalue weighted by Crippen LogP contribution is 2.30. The zero-order valence-electron chi connectivity index (χ0n) is 12.6. The maximum atomic E-state index is 11.1. The van der Waals surface area contributed by atoms with Gasteiger partial charge in [-0.3, -0.25) is 9.55 Å². The molecule has 22 heavy (non-hydrogen) atoms. The molecular formula is C15H19N5O2. The molecule has 0 aliphatic carbocycles. The molecule has 1 fully saturated rings. The lowest BCUT2D eigenvalue weighted by Gasteiger charge is -2.32. The van der Waals surface area contributed by atoms with Crippen molar-refractivity contribution in [1.82, 2.24) is 14.5 Å². The average Bonchev–Trinajstić information content (AvgIpc) is 2.91. The van der Waals surface area contributed by atoms with Crippen LogP contribution >= 0.6 is 0 Å². The summed E-state index contributed by atoms with van der Waals surface area (Å²) < 4.78 is 1.74. The fourth-order valence-corrected chi connectivity index (χ4v) is 3.11. The normalized spacial score (nSPS) is 16.0. The first-order valence-electron chi connectivity index (χ1n) is 7.44. The van der Waals surface area contributed by atoms with E-state index in [0.717, 1.165) is 32.4 Å². The number of nitrogens with zero attached hydrogens (tertiary/aromatic N) is 5. The van der Waals surface area contributed by atoms with Crippen LogP contribution < -0.4 is 4.90 Å². The molecule has 0 unspecified atom stereocenters. The van der Waals surface area contributed by atoms with Gasteiger partial charge in [-0.2, -0.15) is 0 Å². The minimum absolute atomic E-state index is 0.0480. The summed E-state index contributed by atoms with van der Waals surface area (Å²) in [6.45, 7) is 1.65. The highest BCUT2D eigenvalue weighted by molar-refractivity contribution is 5.54. The maximum absolute atomic E-state index is 11.1. The number of rotatable bonds is 4. The summed E-state index contributed by atoms with van der Waals surface area (Å²) in [5.41, 5.74) is 1.26. The Kier molecular flexibility index (Phi) is 4.04. The third kappa shape index (κ3) is 2.93. The Morgan fingerprint density at radius 3 is 2.82 bits per heavy atom. The quantitative estimate of drug-likeness (QED) is 0.639. The number of aromatic nitrogens is 3. The highest BCUT2D eigenvalue weighted by atomic mass is 16.6. The van der Waals surface area contributed by atoms with Crippen molar-refractivity contribution in [3.63, 3.8) is 0 Å². The van der Waals surface area contributed by atoms with Crippen molar-refractivity contribution in [2.24, 2.45) is 13.0 Å². The SMILES string of the molecule is Cn1cnc([N+](=O)[O-])c1N1CCC(Cc2cccnc2)CC1. The van der Waals surface area contributed by atoms with Gasteiger partial charge in [-0.15, -0.1) is 0 Å². The average molecular weight is 301 g/mol. The molecule has 3 rings (SSSR count). The van der Waals surface area contributed by atoms with Gasteiger partial charge in [0.1, 0.15) is 0 Å². The Morgan fingerprint density at radius 2 is 2.18 bits per heavy atom. The zero-order chi connectivity index (χ0) is 15.5. The lowest BCUT2D eigenvalue weighted by molar-refractivity contribution is -0.388. The van der Waals surface area contributed by atoms with Gasteiger partial charge in [0.25, 0.3) is 0 Å². The number of pyridine rings is 1. The largest absolute Gasteiger partial charge is 0.406 e. The monoisotopic (exact) mass is 301 g/mol. The number of imidazole rings is 1. The molecule has 7 nitrogen and oxygen atoms in total. The van der Waals surface area contributed by atoms with E-state index in [1.807, 2.05) is 12.3 Å². The standard InChI is InChI=1S/C15H19N5O2/c1-18-11-17-14(20(21)22)15(18)19-7-4-12(5-8-19)9-13-3-2-6-16-10-13/h2-3,6,10-12H,4-5,7-9H2,1H3. The first kappa shape index (κ1) is 14.5. The van der Waals surface area contributed by atoms with Crippen LogP contribution in [0.25, 0.3) is 0 Å². The second kappa shape index (κ2) is 6.13. The number of hydrogen-bond acceptors (Lipinski definition) is 5. The number of piperidine rings is 1. The van der Waals surface area contributed by atoms with Crippen LogP contribution in [0.1, 0.15) is 18.4 Å². The van der Waals surface area contributed by atoms with Crippen LogP contribution in [-0.2, 0) is 13.5 Å². The summed E-state index contributed by atoms with van der Waals surface area (Å²) in [5.74, 6) is 1.17. The molecule has 1 aliphatic rings. The van der Waals surface area contributed by atoms with Gasteiger partial charge in [0.2, 0.25) is 12.1 Å². The molecule has 0 atom stereocenters. The molecule has 0 N–H and O–H groups in total. The van der Waals surface area contributed by atoms with Crippen LogP contribution in [0.5, 0.6) is 0 Å². The molecule has 0 radical (unpaired) electrons. The molecule has 0 saturated carbocycles. The van der Waals surface area contributed by atoms with Gasteiger partial charge in [0.05, 0.1) is 0 Å². The van der Waals surface area contributed by atoms with Gasteiger partial charge in [-0.05, 0) is 46.7 Å². The van der Waals surface area contributed by atoms with Crippen molar-refractivity contribution in [3.8, 4) is 0 Å². The number of aryl methyl sites for hydroxylation is 1. The van der Waals surface area contributed by atoms with E-state index in [0.29, 0.717) is 11.7 Å². The lowest BCUT2D eigenvalue weighted by Crippen LogP contribution is -2.35. The topological polar surface area (TPSA) is 77.1 Å². The molecule has 116 valence electrons. The van der Waals surface area contributed by atoms with Gasteiger partial charge in [0.15, 0.2) is 0 Å². The predicted molar refractivity (Wildman–Crippen MR) is 82.7 cm³/mol. The van der Waals surface area contributed by atoms with Crippen molar-refractivity contribution in [1.29, 1.82) is 0 Å². The van der Waals surface area contributed by atoms with Crippen LogP contribution in [0, 0.1) is 16.0 Å². The van der Waals surface area contributed by atoms with E-state index in [2.05, 4.69) is 20.9 Å². The molecule has 1 saturated heterocycles. The summed E-state index contributed by atoms with van der Waals surface area (Å²) in [5, 5.41) is 11.1. The lowest BCUT2D eigenvalue weighted by atomic mass is 9.91. The Bertz CT molecular complexity index is 647. The third-order valence-electron chi connectivity index (χ3n) is 4.22. The maximum Gasteiger partial charge on any atom is 0.406 e. The molecule has 7 heteroatoms. The fraction of sp³-hybridized carbons (Fsp3) is 0.467. The van der Waals surface area contributed by atoms with Gasteiger partial charge in [-0.25, -0.2) is 0 Å². The second-order valence-electron chi connectivity index (χ2n) is 5.76. The smallest absolute Gasteiger partial charge is 0.358 e. The van der Waals surface area contributed by atoms with Crippen molar-refractivity contribution < 1.29 is 4.92 Å². The van der Waals surface area contributed by atoms with E-state index in [1.54, 1.807) is 17.8 Å². The summed E-state index contributed by atoms with van der Waals surface area (Å²) in [4.78, 5) is 20.8. The van der Waals surface area contributed by atoms with Gasteiger partial charge < -0.3 is 15.0 Å². The van der Waals surface area contributed by atoms with E-state index in [-0.39, 0.29) is 5.82 Å². The Morgan fingerprint density at radius 1 is 1.41 bits per heavy atom. The first-order chi connectivity index (χ1) is 10.6. The number of nitro groups is 1. The zero-order valence-corrected chi connectivity index (χ0v) is 12.6. The molecule has 3 heterocycles. The molecular weight excluding hydrogens is 282 g/mol. The van der Waals surface area contributed by atoms with E-state index in [9.17, 15) is 10.1 Å². The minimum atomic E-state index is -0.406. The van der Waals surface area contributed by atoms with Crippen LogP contribution in [0.4, 0.5) is 11.6 Å².